The lowest BCUT2D eigenvalue weighted by molar-refractivity contribution is -0.128. The molecule has 150 valence electrons. The van der Waals surface area contributed by atoms with E-state index in [-0.39, 0.29) is 11.5 Å². The Balaban J connectivity index is 2.64. The van der Waals surface area contributed by atoms with Crippen LogP contribution in [0, 0.1) is 5.41 Å². The number of amides is 1. The first-order valence-electron chi connectivity index (χ1n) is 9.29. The van der Waals surface area contributed by atoms with Crippen LogP contribution < -0.4 is 10.6 Å². The van der Waals surface area contributed by atoms with Crippen LogP contribution in [0.2, 0.25) is 0 Å². The minimum atomic E-state index is -0.812. The topological polar surface area (TPSA) is 99.1 Å². The fraction of sp³-hybridized carbons (Fsp3) is 0.650. The van der Waals surface area contributed by atoms with Crippen molar-refractivity contribution in [2.45, 2.75) is 58.6 Å². The van der Waals surface area contributed by atoms with Crippen LogP contribution in [0.15, 0.2) is 41.2 Å². The Kier molecular flexibility index (Phi) is 8.28. The number of nitrogens with zero attached hydrogens (tertiary/aromatic N) is 3. The lowest BCUT2D eigenvalue weighted by Gasteiger charge is -2.33. The fourth-order valence-corrected chi connectivity index (χ4v) is 2.57. The molecular weight excluding hydrogens is 342 g/mol. The minimum Gasteiger partial charge on any atom is -0.375 e. The third-order valence-electron chi connectivity index (χ3n) is 4.61. The maximum absolute atomic E-state index is 12.9. The second-order valence-corrected chi connectivity index (χ2v) is 8.31. The van der Waals surface area contributed by atoms with Gasteiger partial charge in [0.25, 0.3) is 0 Å². The standard InChI is InChI=1S/C20H33N5O2/c1-18(2,13-15-27-19(3,4)12-14-22-6)23-17(26)20(5)10-7-8-16(9-11-20)24-25-21/h7-11,22H,12-15H2,1-6H3,(H,23,26). The largest absolute Gasteiger partial charge is 0.375 e. The Morgan fingerprint density at radius 1 is 1.30 bits per heavy atom. The average molecular weight is 376 g/mol. The molecule has 1 amide bonds. The van der Waals surface area contributed by atoms with Crippen molar-refractivity contribution >= 4 is 5.91 Å². The number of carbonyl (C=O) groups is 1. The predicted octanol–water partition coefficient (Wildman–Crippen LogP) is 4.00. The van der Waals surface area contributed by atoms with E-state index >= 15 is 0 Å². The van der Waals surface area contributed by atoms with E-state index in [1.54, 1.807) is 30.4 Å². The van der Waals surface area contributed by atoms with E-state index in [0.29, 0.717) is 18.7 Å². The van der Waals surface area contributed by atoms with Crippen LogP contribution in [0.3, 0.4) is 0 Å². The zero-order valence-electron chi connectivity index (χ0n) is 17.4. The predicted molar refractivity (Wildman–Crippen MR) is 109 cm³/mol. The Morgan fingerprint density at radius 2 is 2.00 bits per heavy atom. The van der Waals surface area contributed by atoms with Crippen molar-refractivity contribution in [3.8, 4) is 0 Å². The molecule has 0 heterocycles. The fourth-order valence-electron chi connectivity index (χ4n) is 2.57. The lowest BCUT2D eigenvalue weighted by atomic mass is 9.87. The lowest BCUT2D eigenvalue weighted by Crippen LogP contribution is -2.49. The monoisotopic (exact) mass is 375 g/mol. The molecule has 7 nitrogen and oxygen atoms in total. The molecule has 1 atom stereocenters. The molecule has 0 spiro atoms. The van der Waals surface area contributed by atoms with Crippen LogP contribution in [-0.2, 0) is 9.53 Å². The van der Waals surface area contributed by atoms with Gasteiger partial charge in [-0.1, -0.05) is 35.5 Å². The molecular formula is C20H33N5O2. The molecule has 0 saturated carbocycles. The molecule has 1 unspecified atom stereocenters. The zero-order valence-corrected chi connectivity index (χ0v) is 17.4. The number of azide groups is 1. The third-order valence-corrected chi connectivity index (χ3v) is 4.61. The highest BCUT2D eigenvalue weighted by molar-refractivity contribution is 5.87. The Morgan fingerprint density at radius 3 is 2.63 bits per heavy atom. The highest BCUT2D eigenvalue weighted by Crippen LogP contribution is 2.26. The van der Waals surface area contributed by atoms with Crippen molar-refractivity contribution in [2.75, 3.05) is 20.2 Å². The molecule has 0 aromatic heterocycles. The van der Waals surface area contributed by atoms with E-state index in [9.17, 15) is 4.79 Å². The zero-order chi connectivity index (χ0) is 20.6. The Bertz CT molecular complexity index is 657. The maximum atomic E-state index is 12.9. The molecule has 0 aromatic rings. The van der Waals surface area contributed by atoms with E-state index in [1.807, 2.05) is 27.8 Å². The highest BCUT2D eigenvalue weighted by Gasteiger charge is 2.32. The summed E-state index contributed by atoms with van der Waals surface area (Å²) in [5.41, 5.74) is 7.60. The molecule has 0 aromatic carbocycles. The molecule has 1 aliphatic carbocycles. The van der Waals surface area contributed by atoms with Gasteiger partial charge in [0.1, 0.15) is 0 Å². The van der Waals surface area contributed by atoms with E-state index in [1.165, 1.54) is 0 Å². The van der Waals surface area contributed by atoms with Crippen molar-refractivity contribution in [1.29, 1.82) is 0 Å². The van der Waals surface area contributed by atoms with Gasteiger partial charge >= 0.3 is 0 Å². The summed E-state index contributed by atoms with van der Waals surface area (Å²) in [5.74, 6) is -0.106. The summed E-state index contributed by atoms with van der Waals surface area (Å²) in [7, 11) is 1.93. The van der Waals surface area contributed by atoms with Gasteiger partial charge in [0, 0.05) is 22.8 Å². The van der Waals surface area contributed by atoms with Crippen molar-refractivity contribution in [3.05, 3.63) is 46.5 Å². The van der Waals surface area contributed by atoms with Crippen molar-refractivity contribution in [3.63, 3.8) is 0 Å². The Hall–Kier alpha value is -2.08. The van der Waals surface area contributed by atoms with Crippen LogP contribution >= 0.6 is 0 Å². The van der Waals surface area contributed by atoms with E-state index in [2.05, 4.69) is 34.5 Å². The second-order valence-electron chi connectivity index (χ2n) is 8.31. The second kappa shape index (κ2) is 9.74. The molecule has 7 heteroatoms. The van der Waals surface area contributed by atoms with Gasteiger partial charge in [-0.15, -0.1) is 0 Å². The van der Waals surface area contributed by atoms with Gasteiger partial charge in [0.2, 0.25) is 5.91 Å². The smallest absolute Gasteiger partial charge is 0.234 e. The molecule has 27 heavy (non-hydrogen) atoms. The average Bonchev–Trinajstić information content (AvgIpc) is 2.75. The SMILES string of the molecule is CNCCC(C)(C)OCCC(C)(C)NC(=O)C1(C)C=CC=C(N=[N+]=[N-])C=C1. The number of hydrogen-bond acceptors (Lipinski definition) is 4. The van der Waals surface area contributed by atoms with Gasteiger partial charge in [0.15, 0.2) is 0 Å². The highest BCUT2D eigenvalue weighted by atomic mass is 16.5. The molecule has 0 radical (unpaired) electrons. The first kappa shape index (κ1) is 23.0. The van der Waals surface area contributed by atoms with Crippen LogP contribution in [0.1, 0.15) is 47.5 Å². The van der Waals surface area contributed by atoms with Gasteiger partial charge in [0.05, 0.1) is 11.0 Å². The number of hydrogen-bond donors (Lipinski definition) is 2. The first-order valence-corrected chi connectivity index (χ1v) is 9.29. The number of ether oxygens (including phenoxy) is 1. The van der Waals surface area contributed by atoms with Gasteiger partial charge in [-0.25, -0.2) is 0 Å². The number of allylic oxidation sites excluding steroid dienone is 3. The van der Waals surface area contributed by atoms with E-state index in [4.69, 9.17) is 10.3 Å². The number of nitrogens with one attached hydrogen (secondary N) is 2. The van der Waals surface area contributed by atoms with Crippen LogP contribution in [-0.4, -0.2) is 37.2 Å². The Labute approximate surface area is 162 Å². The summed E-state index contributed by atoms with van der Waals surface area (Å²) in [6.45, 7) is 11.4. The molecule has 1 rings (SSSR count). The van der Waals surface area contributed by atoms with Crippen LogP contribution in [0.4, 0.5) is 0 Å². The van der Waals surface area contributed by atoms with Gasteiger partial charge in [-0.3, -0.25) is 4.79 Å². The van der Waals surface area contributed by atoms with Crippen LogP contribution in [0.25, 0.3) is 10.4 Å². The van der Waals surface area contributed by atoms with Gasteiger partial charge in [-0.05, 0) is 66.6 Å². The summed E-state index contributed by atoms with van der Waals surface area (Å²) in [6.07, 6.45) is 10.3. The molecule has 0 aliphatic heterocycles. The van der Waals surface area contributed by atoms with Gasteiger partial charge < -0.3 is 15.4 Å². The van der Waals surface area contributed by atoms with Crippen molar-refractivity contribution in [1.82, 2.24) is 10.6 Å². The molecule has 2 N–H and O–H groups in total. The van der Waals surface area contributed by atoms with Crippen molar-refractivity contribution < 1.29 is 9.53 Å². The molecule has 0 bridgehead atoms. The number of carbonyl (C=O) groups excluding carboxylic acids is 1. The third kappa shape index (κ3) is 7.99. The normalized spacial score (nSPS) is 19.9. The maximum Gasteiger partial charge on any atom is 0.234 e. The van der Waals surface area contributed by atoms with E-state index < -0.39 is 11.0 Å². The number of rotatable bonds is 10. The summed E-state index contributed by atoms with van der Waals surface area (Å²) in [4.78, 5) is 15.6. The molecule has 1 aliphatic rings. The minimum absolute atomic E-state index is 0.106. The summed E-state index contributed by atoms with van der Waals surface area (Å²) >= 11 is 0. The summed E-state index contributed by atoms with van der Waals surface area (Å²) in [5, 5.41) is 9.82. The van der Waals surface area contributed by atoms with Gasteiger partial charge in [-0.2, -0.15) is 0 Å². The summed E-state index contributed by atoms with van der Waals surface area (Å²) in [6, 6.07) is 0. The van der Waals surface area contributed by atoms with Crippen LogP contribution in [0.5, 0.6) is 0 Å². The van der Waals surface area contributed by atoms with E-state index in [0.717, 1.165) is 13.0 Å². The quantitative estimate of drug-likeness (QED) is 0.343. The van der Waals surface area contributed by atoms with Crippen molar-refractivity contribution in [2.24, 2.45) is 10.5 Å². The molecule has 0 saturated heterocycles. The molecule has 0 fully saturated rings. The first-order chi connectivity index (χ1) is 12.5. The summed E-state index contributed by atoms with van der Waals surface area (Å²) < 4.78 is 6.01.